The molecule has 0 radical (unpaired) electrons. The first-order valence-corrected chi connectivity index (χ1v) is 17.5. The third kappa shape index (κ3) is 7.71. The number of fused-ring (bicyclic) bond motifs is 1. The number of hydrogen-bond donors (Lipinski definition) is 1. The van der Waals surface area contributed by atoms with Crippen molar-refractivity contribution in [2.45, 2.75) is 101 Å². The number of nitrogens with zero attached hydrogens (tertiary/aromatic N) is 5. The molecule has 0 saturated heterocycles. The average Bonchev–Trinajstić information content (AvgIpc) is 3.90. The van der Waals surface area contributed by atoms with Crippen molar-refractivity contribution in [2.75, 3.05) is 13.2 Å². The van der Waals surface area contributed by atoms with Gasteiger partial charge in [0.25, 0.3) is 11.8 Å². The molecule has 5 aliphatic rings. The van der Waals surface area contributed by atoms with E-state index in [2.05, 4.69) is 19.9 Å². The molecule has 3 aromatic rings. The van der Waals surface area contributed by atoms with Gasteiger partial charge in [-0.15, -0.1) is 0 Å². The Hall–Kier alpha value is -4.34. The molecule has 4 saturated carbocycles. The first kappa shape index (κ1) is 36.0. The topological polar surface area (TPSA) is 133 Å². The third-order valence-corrected chi connectivity index (χ3v) is 10.4. The number of halogens is 6. The Kier molecular flexibility index (Phi) is 9.41. The van der Waals surface area contributed by atoms with Crippen molar-refractivity contribution in [3.05, 3.63) is 70.6 Å². The number of amides is 2. The molecule has 0 atom stereocenters. The SMILES string of the molecule is NCc1cc(OCCC2(C(F)(F)F)CC2)nc(C2CC2)n1.O=C1c2ccccc2C(=O)N1Cc1cc(OCCC2(C(F)(F)F)CC2)nc(C2CC2)n1. The second-order valence-corrected chi connectivity index (χ2v) is 14.4. The van der Waals surface area contributed by atoms with Crippen molar-refractivity contribution in [3.8, 4) is 11.8 Å². The summed E-state index contributed by atoms with van der Waals surface area (Å²) < 4.78 is 88.9. The predicted octanol–water partition coefficient (Wildman–Crippen LogP) is 7.19. The van der Waals surface area contributed by atoms with Gasteiger partial charge in [-0.2, -0.15) is 36.3 Å². The van der Waals surface area contributed by atoms with Gasteiger partial charge < -0.3 is 15.2 Å². The van der Waals surface area contributed by atoms with Crippen molar-refractivity contribution in [1.29, 1.82) is 0 Å². The molecule has 3 heterocycles. The van der Waals surface area contributed by atoms with Crippen LogP contribution in [0.15, 0.2) is 36.4 Å². The molecule has 0 unspecified atom stereocenters. The molecule has 2 amide bonds. The molecular weight excluding hydrogens is 694 g/mol. The van der Waals surface area contributed by atoms with E-state index in [-0.39, 0.29) is 76.6 Å². The second-order valence-electron chi connectivity index (χ2n) is 14.4. The van der Waals surface area contributed by atoms with Crippen LogP contribution in [-0.2, 0) is 13.1 Å². The van der Waals surface area contributed by atoms with Crippen LogP contribution >= 0.6 is 0 Å². The van der Waals surface area contributed by atoms with Crippen LogP contribution in [0.4, 0.5) is 26.3 Å². The number of nitrogens with two attached hydrogens (primary N) is 1. The summed E-state index contributed by atoms with van der Waals surface area (Å²) in [5, 5.41) is 0. The monoisotopic (exact) mass is 732 g/mol. The molecule has 1 aromatic carbocycles. The van der Waals surface area contributed by atoms with Gasteiger partial charge in [-0.1, -0.05) is 12.1 Å². The fourth-order valence-electron chi connectivity index (χ4n) is 6.26. The minimum atomic E-state index is -4.22. The molecular formula is C36H38F6N6O4. The molecule has 2 N–H and O–H groups in total. The minimum absolute atomic E-state index is 0.0166. The van der Waals surface area contributed by atoms with Crippen molar-refractivity contribution >= 4 is 11.8 Å². The Balaban J connectivity index is 0.000000175. The van der Waals surface area contributed by atoms with E-state index in [0.717, 1.165) is 30.6 Å². The van der Waals surface area contributed by atoms with Gasteiger partial charge in [-0.25, -0.2) is 9.97 Å². The second kappa shape index (κ2) is 13.6. The van der Waals surface area contributed by atoms with E-state index in [1.54, 1.807) is 30.3 Å². The Morgan fingerprint density at radius 3 is 1.50 bits per heavy atom. The maximum Gasteiger partial charge on any atom is 0.394 e. The van der Waals surface area contributed by atoms with E-state index in [1.807, 2.05) is 0 Å². The molecule has 4 aliphatic carbocycles. The first-order chi connectivity index (χ1) is 24.7. The van der Waals surface area contributed by atoms with Crippen LogP contribution in [0.2, 0.25) is 0 Å². The number of benzene rings is 1. The smallest absolute Gasteiger partial charge is 0.394 e. The molecule has 2 aromatic heterocycles. The Morgan fingerprint density at radius 1 is 0.692 bits per heavy atom. The van der Waals surface area contributed by atoms with Gasteiger partial charge in [0.2, 0.25) is 11.8 Å². The lowest BCUT2D eigenvalue weighted by atomic mass is 10.0. The molecule has 278 valence electrons. The lowest BCUT2D eigenvalue weighted by Crippen LogP contribution is -2.29. The number of carbonyl (C=O) groups excluding carboxylic acids is 2. The molecule has 1 aliphatic heterocycles. The van der Waals surface area contributed by atoms with Gasteiger partial charge >= 0.3 is 12.4 Å². The molecule has 0 bridgehead atoms. The van der Waals surface area contributed by atoms with Crippen LogP contribution in [0.5, 0.6) is 11.8 Å². The zero-order valence-electron chi connectivity index (χ0n) is 28.2. The zero-order valence-corrected chi connectivity index (χ0v) is 28.2. The van der Waals surface area contributed by atoms with Crippen molar-refractivity contribution < 1.29 is 45.4 Å². The summed E-state index contributed by atoms with van der Waals surface area (Å²) in [7, 11) is 0. The standard InChI is InChI=1S/C22H20F3N3O3.C14H18F3N3O/c23-22(24,25)21(7-8-21)9-10-31-17-11-14(26-18(27-17)13-5-6-13)12-28-19(29)15-3-1-2-4-16(15)20(28)30;15-14(16,17)13(3-4-13)5-6-21-11-7-10(8-18)19-12(20-11)9-1-2-9/h1-4,11,13H,5-10,12H2;7,9H,1-6,8,18H2. The molecule has 52 heavy (non-hydrogen) atoms. The molecule has 16 heteroatoms. The number of ether oxygens (including phenoxy) is 2. The van der Waals surface area contributed by atoms with E-state index in [1.165, 1.54) is 6.07 Å². The van der Waals surface area contributed by atoms with Gasteiger partial charge in [-0.05, 0) is 76.3 Å². The fraction of sp³-hybridized carbons (Fsp3) is 0.556. The molecule has 10 nitrogen and oxygen atoms in total. The highest BCUT2D eigenvalue weighted by atomic mass is 19.4. The van der Waals surface area contributed by atoms with E-state index < -0.39 is 35.0 Å². The van der Waals surface area contributed by atoms with E-state index in [4.69, 9.17) is 15.2 Å². The Morgan fingerprint density at radius 2 is 1.12 bits per heavy atom. The highest BCUT2D eigenvalue weighted by molar-refractivity contribution is 6.21. The summed E-state index contributed by atoms with van der Waals surface area (Å²) >= 11 is 0. The summed E-state index contributed by atoms with van der Waals surface area (Å²) in [6.45, 7) is 0.139. The number of imide groups is 1. The van der Waals surface area contributed by atoms with Gasteiger partial charge in [0.05, 0.1) is 53.1 Å². The number of alkyl halides is 6. The summed E-state index contributed by atoms with van der Waals surface area (Å²) in [5.41, 5.74) is 4.20. The minimum Gasteiger partial charge on any atom is -0.478 e. The number of carbonyl (C=O) groups is 2. The van der Waals surface area contributed by atoms with Crippen molar-refractivity contribution in [3.63, 3.8) is 0 Å². The van der Waals surface area contributed by atoms with Gasteiger partial charge in [0, 0.05) is 30.5 Å². The predicted molar refractivity (Wildman–Crippen MR) is 172 cm³/mol. The normalized spacial score (nSPS) is 19.9. The van der Waals surface area contributed by atoms with Crippen molar-refractivity contribution in [1.82, 2.24) is 24.8 Å². The number of aromatic nitrogens is 4. The highest BCUT2D eigenvalue weighted by Crippen LogP contribution is 2.60. The van der Waals surface area contributed by atoms with Crippen LogP contribution < -0.4 is 15.2 Å². The maximum atomic E-state index is 13.1. The molecule has 0 spiro atoms. The number of rotatable bonds is 13. The van der Waals surface area contributed by atoms with Crippen LogP contribution in [-0.4, -0.2) is 62.2 Å². The van der Waals surface area contributed by atoms with E-state index >= 15 is 0 Å². The van der Waals surface area contributed by atoms with Crippen LogP contribution in [0, 0.1) is 10.8 Å². The first-order valence-electron chi connectivity index (χ1n) is 17.5. The van der Waals surface area contributed by atoms with Gasteiger partial charge in [0.1, 0.15) is 11.6 Å². The molecule has 8 rings (SSSR count). The van der Waals surface area contributed by atoms with Crippen LogP contribution in [0.1, 0.15) is 120 Å². The summed E-state index contributed by atoms with van der Waals surface area (Å²) in [5.74, 6) is 1.50. The van der Waals surface area contributed by atoms with Gasteiger partial charge in [-0.3, -0.25) is 14.5 Å². The third-order valence-electron chi connectivity index (χ3n) is 10.4. The Bertz CT molecular complexity index is 1800. The Labute approximate surface area is 295 Å². The fourth-order valence-corrected chi connectivity index (χ4v) is 6.26. The quantitative estimate of drug-likeness (QED) is 0.143. The maximum absolute atomic E-state index is 13.1. The van der Waals surface area contributed by atoms with Crippen LogP contribution in [0.25, 0.3) is 0 Å². The van der Waals surface area contributed by atoms with Crippen molar-refractivity contribution in [2.24, 2.45) is 16.6 Å². The number of hydrogen-bond acceptors (Lipinski definition) is 9. The van der Waals surface area contributed by atoms with Crippen LogP contribution in [0.3, 0.4) is 0 Å². The average molecular weight is 733 g/mol. The summed E-state index contributed by atoms with van der Waals surface area (Å²) in [6, 6.07) is 9.72. The zero-order chi connectivity index (χ0) is 36.9. The van der Waals surface area contributed by atoms with E-state index in [0.29, 0.717) is 46.0 Å². The molecule has 4 fully saturated rings. The summed E-state index contributed by atoms with van der Waals surface area (Å²) in [4.78, 5) is 43.8. The summed E-state index contributed by atoms with van der Waals surface area (Å²) in [6.07, 6.45) is -3.90. The largest absolute Gasteiger partial charge is 0.478 e. The lowest BCUT2D eigenvalue weighted by molar-refractivity contribution is -0.190. The van der Waals surface area contributed by atoms with E-state index in [9.17, 15) is 35.9 Å². The van der Waals surface area contributed by atoms with Gasteiger partial charge in [0.15, 0.2) is 0 Å². The highest BCUT2D eigenvalue weighted by Gasteiger charge is 2.63. The lowest BCUT2D eigenvalue weighted by Gasteiger charge is -2.19.